The maximum absolute atomic E-state index is 14.0. The van der Waals surface area contributed by atoms with Crippen molar-refractivity contribution >= 4 is 21.6 Å². The molecule has 0 aromatic heterocycles. The van der Waals surface area contributed by atoms with E-state index in [0.29, 0.717) is 24.6 Å². The first-order valence-corrected chi connectivity index (χ1v) is 9.31. The molecule has 1 saturated heterocycles. The Kier molecular flexibility index (Phi) is 5.63. The average Bonchev–Trinajstić information content (AvgIpc) is 2.73. The van der Waals surface area contributed by atoms with E-state index in [4.69, 9.17) is 11.6 Å². The number of halogens is 2. The molecule has 1 atom stereocenters. The van der Waals surface area contributed by atoms with Crippen LogP contribution in [-0.2, 0) is 15.9 Å². The number of benzene rings is 1. The third kappa shape index (κ3) is 3.76. The van der Waals surface area contributed by atoms with Crippen molar-refractivity contribution in [2.24, 2.45) is 5.92 Å². The molecule has 1 aromatic rings. The molecule has 0 saturated carbocycles. The highest BCUT2D eigenvalue weighted by Crippen LogP contribution is 2.26. The minimum atomic E-state index is -3.78. The highest BCUT2D eigenvalue weighted by atomic mass is 35.5. The summed E-state index contributed by atoms with van der Waals surface area (Å²) in [4.78, 5) is -0.254. The summed E-state index contributed by atoms with van der Waals surface area (Å²) in [5.41, 5.74) is 0.609. The summed E-state index contributed by atoms with van der Waals surface area (Å²) in [6.07, 6.45) is 3.76. The highest BCUT2D eigenvalue weighted by molar-refractivity contribution is 7.89. The molecule has 2 rings (SSSR count). The van der Waals surface area contributed by atoms with Crippen LogP contribution in [0.5, 0.6) is 0 Å². The predicted octanol–water partition coefficient (Wildman–Crippen LogP) is 3.77. The lowest BCUT2D eigenvalue weighted by Crippen LogP contribution is -2.32. The second-order valence-corrected chi connectivity index (χ2v) is 7.68. The predicted molar refractivity (Wildman–Crippen MR) is 82.3 cm³/mol. The van der Waals surface area contributed by atoms with Crippen molar-refractivity contribution in [2.75, 3.05) is 13.1 Å². The zero-order valence-corrected chi connectivity index (χ0v) is 13.8. The quantitative estimate of drug-likeness (QED) is 0.787. The molecule has 21 heavy (non-hydrogen) atoms. The van der Waals surface area contributed by atoms with E-state index < -0.39 is 15.8 Å². The minimum absolute atomic E-state index is 0.167. The Balaban J connectivity index is 2.29. The fraction of sp³-hybridized carbons (Fsp3) is 0.600. The van der Waals surface area contributed by atoms with Crippen LogP contribution in [0.1, 0.15) is 38.2 Å². The van der Waals surface area contributed by atoms with Gasteiger partial charge >= 0.3 is 0 Å². The van der Waals surface area contributed by atoms with Crippen LogP contribution in [0.3, 0.4) is 0 Å². The summed E-state index contributed by atoms with van der Waals surface area (Å²) >= 11 is 5.72. The van der Waals surface area contributed by atoms with Gasteiger partial charge in [0.05, 0.1) is 0 Å². The normalized spacial score (nSPS) is 21.2. The topological polar surface area (TPSA) is 37.4 Å². The van der Waals surface area contributed by atoms with Gasteiger partial charge in [-0.2, -0.15) is 4.31 Å². The Morgan fingerprint density at radius 1 is 1.33 bits per heavy atom. The summed E-state index contributed by atoms with van der Waals surface area (Å²) < 4.78 is 40.7. The Bertz CT molecular complexity index is 591. The van der Waals surface area contributed by atoms with Crippen LogP contribution in [0.15, 0.2) is 23.1 Å². The molecule has 0 bridgehead atoms. The lowest BCUT2D eigenvalue weighted by atomic mass is 9.98. The Hall–Kier alpha value is -0.650. The molecule has 0 amide bonds. The lowest BCUT2D eigenvalue weighted by Gasteiger charge is -2.21. The van der Waals surface area contributed by atoms with Crippen molar-refractivity contribution < 1.29 is 12.8 Å². The molecule has 1 aromatic carbocycles. The van der Waals surface area contributed by atoms with Crippen molar-refractivity contribution in [3.05, 3.63) is 29.6 Å². The monoisotopic (exact) mass is 333 g/mol. The van der Waals surface area contributed by atoms with Crippen LogP contribution in [0, 0.1) is 11.7 Å². The van der Waals surface area contributed by atoms with E-state index in [2.05, 4.69) is 6.92 Å². The van der Waals surface area contributed by atoms with Gasteiger partial charge in [-0.25, -0.2) is 12.8 Å². The van der Waals surface area contributed by atoms with Crippen molar-refractivity contribution in [3.63, 3.8) is 0 Å². The molecular formula is C15H21ClFNO2S. The molecule has 6 heteroatoms. The molecule has 1 aliphatic heterocycles. The number of alkyl halides is 1. The maximum atomic E-state index is 14.0. The zero-order valence-electron chi connectivity index (χ0n) is 12.2. The molecule has 3 nitrogen and oxygen atoms in total. The van der Waals surface area contributed by atoms with Crippen molar-refractivity contribution in [3.8, 4) is 0 Å². The molecule has 1 fully saturated rings. The first-order chi connectivity index (χ1) is 9.98. The molecule has 0 radical (unpaired) electrons. The largest absolute Gasteiger partial charge is 0.245 e. The van der Waals surface area contributed by atoms with E-state index in [0.717, 1.165) is 25.7 Å². The van der Waals surface area contributed by atoms with Crippen molar-refractivity contribution in [1.82, 2.24) is 4.31 Å². The maximum Gasteiger partial charge on any atom is 0.245 e. The molecule has 118 valence electrons. The SMILES string of the molecule is CCC1CCCN(S(=O)(=O)c2cc(CCl)ccc2F)CC1. The molecule has 1 heterocycles. The summed E-state index contributed by atoms with van der Waals surface area (Å²) in [6.45, 7) is 3.05. The van der Waals surface area contributed by atoms with Crippen LogP contribution < -0.4 is 0 Å². The summed E-state index contributed by atoms with van der Waals surface area (Å²) in [7, 11) is -3.78. The van der Waals surface area contributed by atoms with Gasteiger partial charge in [-0.3, -0.25) is 0 Å². The Labute approximate surface area is 131 Å². The van der Waals surface area contributed by atoms with Crippen molar-refractivity contribution in [2.45, 2.75) is 43.4 Å². The van der Waals surface area contributed by atoms with Gasteiger partial charge in [0, 0.05) is 19.0 Å². The van der Waals surface area contributed by atoms with Gasteiger partial charge in [-0.1, -0.05) is 19.4 Å². The molecular weight excluding hydrogens is 313 g/mol. The van der Waals surface area contributed by atoms with Gasteiger partial charge in [0.15, 0.2) is 0 Å². The van der Waals surface area contributed by atoms with E-state index in [1.807, 2.05) is 0 Å². The lowest BCUT2D eigenvalue weighted by molar-refractivity contribution is 0.404. The second-order valence-electron chi connectivity index (χ2n) is 5.51. The molecule has 0 N–H and O–H groups in total. The average molecular weight is 334 g/mol. The Morgan fingerprint density at radius 2 is 2.10 bits per heavy atom. The van der Waals surface area contributed by atoms with Crippen molar-refractivity contribution in [1.29, 1.82) is 0 Å². The fourth-order valence-corrected chi connectivity index (χ4v) is 4.53. The van der Waals surface area contributed by atoms with Crippen LogP contribution in [0.2, 0.25) is 0 Å². The summed E-state index contributed by atoms with van der Waals surface area (Å²) in [5, 5.41) is 0. The van der Waals surface area contributed by atoms with E-state index in [-0.39, 0.29) is 10.8 Å². The van der Waals surface area contributed by atoms with Gasteiger partial charge in [-0.05, 0) is 42.9 Å². The minimum Gasteiger partial charge on any atom is -0.207 e. The van der Waals surface area contributed by atoms with Crippen LogP contribution in [0.25, 0.3) is 0 Å². The number of rotatable bonds is 4. The second kappa shape index (κ2) is 7.07. The van der Waals surface area contributed by atoms with Gasteiger partial charge in [0.2, 0.25) is 10.0 Å². The highest BCUT2D eigenvalue weighted by Gasteiger charge is 2.29. The third-order valence-electron chi connectivity index (χ3n) is 4.15. The fourth-order valence-electron chi connectivity index (χ4n) is 2.76. The van der Waals surface area contributed by atoms with Gasteiger partial charge < -0.3 is 0 Å². The first kappa shape index (κ1) is 16.7. The first-order valence-electron chi connectivity index (χ1n) is 7.33. The third-order valence-corrected chi connectivity index (χ3v) is 6.37. The summed E-state index contributed by atoms with van der Waals surface area (Å²) in [6, 6.07) is 4.04. The number of sulfonamides is 1. The number of hydrogen-bond donors (Lipinski definition) is 0. The molecule has 1 unspecified atom stereocenters. The van der Waals surface area contributed by atoms with Gasteiger partial charge in [0.1, 0.15) is 10.7 Å². The van der Waals surface area contributed by atoms with Gasteiger partial charge in [0.25, 0.3) is 0 Å². The van der Waals surface area contributed by atoms with E-state index >= 15 is 0 Å². The van der Waals surface area contributed by atoms with Gasteiger partial charge in [-0.15, -0.1) is 11.6 Å². The molecule has 0 spiro atoms. The standard InChI is InChI=1S/C15H21ClFNO2S/c1-2-12-4-3-8-18(9-7-12)21(19,20)15-10-13(11-16)5-6-14(15)17/h5-6,10,12H,2-4,7-9,11H2,1H3. The smallest absolute Gasteiger partial charge is 0.207 e. The summed E-state index contributed by atoms with van der Waals surface area (Å²) in [5.74, 6) is 0.0186. The number of nitrogens with zero attached hydrogens (tertiary/aromatic N) is 1. The van der Waals surface area contributed by atoms with E-state index in [1.54, 1.807) is 0 Å². The van der Waals surface area contributed by atoms with Crippen LogP contribution in [0.4, 0.5) is 4.39 Å². The number of hydrogen-bond acceptors (Lipinski definition) is 2. The van der Waals surface area contributed by atoms with E-state index in [1.165, 1.54) is 22.5 Å². The Morgan fingerprint density at radius 3 is 2.76 bits per heavy atom. The molecule has 1 aliphatic rings. The van der Waals surface area contributed by atoms with E-state index in [9.17, 15) is 12.8 Å². The van der Waals surface area contributed by atoms with Crippen LogP contribution in [-0.4, -0.2) is 25.8 Å². The van der Waals surface area contributed by atoms with Crippen LogP contribution >= 0.6 is 11.6 Å². The molecule has 0 aliphatic carbocycles. The zero-order chi connectivity index (χ0) is 15.5.